The Balaban J connectivity index is 2.11. The van der Waals surface area contributed by atoms with Gasteiger partial charge in [-0.1, -0.05) is 17.7 Å². The molecule has 3 heterocycles. The van der Waals surface area contributed by atoms with Crippen LogP contribution in [0.15, 0.2) is 30.6 Å². The molecule has 0 unspecified atom stereocenters. The van der Waals surface area contributed by atoms with Gasteiger partial charge < -0.3 is 0 Å². The maximum Gasteiger partial charge on any atom is 0.226 e. The highest BCUT2D eigenvalue weighted by Crippen LogP contribution is 2.28. The van der Waals surface area contributed by atoms with Crippen LogP contribution in [0.4, 0.5) is 0 Å². The Kier molecular flexibility index (Phi) is 2.63. The number of benzene rings is 1. The fraction of sp³-hybridized carbons (Fsp3) is 0.0769. The molecule has 4 aromatic rings. The first-order chi connectivity index (χ1) is 10.1. The average Bonchev–Trinajstić information content (AvgIpc) is 3.05. The molecule has 0 amide bonds. The van der Waals surface area contributed by atoms with E-state index in [4.69, 9.17) is 23.2 Å². The van der Waals surface area contributed by atoms with E-state index in [1.54, 1.807) is 16.9 Å². The van der Waals surface area contributed by atoms with E-state index in [2.05, 4.69) is 20.2 Å². The Labute approximate surface area is 128 Å². The molecule has 104 valence electrons. The van der Waals surface area contributed by atoms with Gasteiger partial charge in [0.1, 0.15) is 0 Å². The van der Waals surface area contributed by atoms with Crippen LogP contribution in [0.25, 0.3) is 27.9 Å². The molecule has 0 aliphatic carbocycles. The number of rotatable bonds is 1. The highest BCUT2D eigenvalue weighted by molar-refractivity contribution is 6.37. The molecule has 0 N–H and O–H groups in total. The Morgan fingerprint density at radius 2 is 2.00 bits per heavy atom. The third kappa shape index (κ3) is 1.87. The Morgan fingerprint density at radius 3 is 2.76 bits per heavy atom. The van der Waals surface area contributed by atoms with Crippen molar-refractivity contribution >= 4 is 39.8 Å². The van der Waals surface area contributed by atoms with E-state index in [1.807, 2.05) is 25.4 Å². The fourth-order valence-corrected chi connectivity index (χ4v) is 2.70. The van der Waals surface area contributed by atoms with E-state index < -0.39 is 0 Å². The monoisotopic (exact) mass is 318 g/mol. The molecule has 0 aliphatic rings. The average molecular weight is 319 g/mol. The van der Waals surface area contributed by atoms with Crippen molar-refractivity contribution in [3.8, 4) is 11.4 Å². The molecule has 4 rings (SSSR count). The number of nitrogens with zero attached hydrogens (tertiary/aromatic N) is 6. The van der Waals surface area contributed by atoms with E-state index in [0.717, 1.165) is 10.9 Å². The zero-order valence-electron chi connectivity index (χ0n) is 10.8. The van der Waals surface area contributed by atoms with Gasteiger partial charge >= 0.3 is 0 Å². The van der Waals surface area contributed by atoms with Crippen LogP contribution in [0.3, 0.4) is 0 Å². The fourth-order valence-electron chi connectivity index (χ4n) is 2.24. The number of hydrogen-bond acceptors (Lipinski definition) is 4. The van der Waals surface area contributed by atoms with Crippen LogP contribution < -0.4 is 0 Å². The molecule has 0 bridgehead atoms. The first-order valence-electron chi connectivity index (χ1n) is 6.13. The summed E-state index contributed by atoms with van der Waals surface area (Å²) in [4.78, 5) is 8.83. The van der Waals surface area contributed by atoms with Gasteiger partial charge in [0.2, 0.25) is 5.28 Å². The summed E-state index contributed by atoms with van der Waals surface area (Å²) >= 11 is 12.4. The molecule has 0 saturated heterocycles. The van der Waals surface area contributed by atoms with E-state index >= 15 is 0 Å². The minimum Gasteiger partial charge on any atom is -0.275 e. The van der Waals surface area contributed by atoms with Gasteiger partial charge in [-0.3, -0.25) is 4.68 Å². The molecule has 0 atom stereocenters. The van der Waals surface area contributed by atoms with Crippen molar-refractivity contribution in [3.63, 3.8) is 0 Å². The van der Waals surface area contributed by atoms with Crippen molar-refractivity contribution in [2.24, 2.45) is 7.05 Å². The van der Waals surface area contributed by atoms with Gasteiger partial charge in [0.15, 0.2) is 11.5 Å². The van der Waals surface area contributed by atoms with Crippen LogP contribution in [0.1, 0.15) is 0 Å². The maximum absolute atomic E-state index is 6.27. The number of fused-ring (bicyclic) bond motifs is 3. The quantitative estimate of drug-likeness (QED) is 0.506. The van der Waals surface area contributed by atoms with Crippen LogP contribution in [0, 0.1) is 0 Å². The zero-order chi connectivity index (χ0) is 14.6. The van der Waals surface area contributed by atoms with Gasteiger partial charge in [-0.05, 0) is 23.7 Å². The normalized spacial score (nSPS) is 11.6. The molecular weight excluding hydrogens is 311 g/mol. The van der Waals surface area contributed by atoms with Crippen LogP contribution in [-0.2, 0) is 7.05 Å². The predicted molar refractivity (Wildman–Crippen MR) is 80.5 cm³/mol. The molecule has 0 saturated carbocycles. The molecule has 3 aromatic heterocycles. The maximum atomic E-state index is 6.27. The zero-order valence-corrected chi connectivity index (χ0v) is 12.3. The van der Waals surface area contributed by atoms with E-state index in [-0.39, 0.29) is 5.28 Å². The van der Waals surface area contributed by atoms with Crippen molar-refractivity contribution in [1.82, 2.24) is 29.4 Å². The minimum absolute atomic E-state index is 0.238. The molecule has 0 radical (unpaired) electrons. The molecule has 0 fully saturated rings. The topological polar surface area (TPSA) is 60.9 Å². The van der Waals surface area contributed by atoms with Gasteiger partial charge in [-0.25, -0.2) is 9.97 Å². The second-order valence-electron chi connectivity index (χ2n) is 4.59. The summed E-state index contributed by atoms with van der Waals surface area (Å²) in [7, 11) is 1.83. The Hall–Kier alpha value is -2.18. The van der Waals surface area contributed by atoms with Crippen LogP contribution in [-0.4, -0.2) is 29.4 Å². The highest BCUT2D eigenvalue weighted by atomic mass is 35.5. The van der Waals surface area contributed by atoms with Crippen molar-refractivity contribution in [2.75, 3.05) is 0 Å². The molecule has 1 aromatic carbocycles. The third-order valence-corrected chi connectivity index (χ3v) is 3.73. The van der Waals surface area contributed by atoms with Crippen LogP contribution in [0.2, 0.25) is 10.3 Å². The van der Waals surface area contributed by atoms with Crippen molar-refractivity contribution in [2.45, 2.75) is 0 Å². The Bertz CT molecular complexity index is 987. The summed E-state index contributed by atoms with van der Waals surface area (Å²) < 4.78 is 3.17. The van der Waals surface area contributed by atoms with Crippen molar-refractivity contribution in [1.29, 1.82) is 0 Å². The van der Waals surface area contributed by atoms with Crippen molar-refractivity contribution < 1.29 is 0 Å². The van der Waals surface area contributed by atoms with E-state index in [1.165, 1.54) is 4.52 Å². The second-order valence-corrected chi connectivity index (χ2v) is 5.33. The van der Waals surface area contributed by atoms with Gasteiger partial charge in [0.25, 0.3) is 0 Å². The second kappa shape index (κ2) is 4.41. The SMILES string of the molecule is Cn1cc(-c2nc3c4c(Cl)cccc4nc(Cl)n3n2)cn1. The minimum atomic E-state index is 0.238. The van der Waals surface area contributed by atoms with Gasteiger partial charge in [-0.2, -0.15) is 9.61 Å². The van der Waals surface area contributed by atoms with E-state index in [0.29, 0.717) is 22.0 Å². The standard InChI is InChI=1S/C13H8Cl2N6/c1-20-6-7(5-16-20)11-18-12-10-8(14)3-2-4-9(10)17-13(15)21(12)19-11/h2-6H,1H3. The molecule has 21 heavy (non-hydrogen) atoms. The van der Waals surface area contributed by atoms with Crippen LogP contribution >= 0.6 is 23.2 Å². The molecule has 8 heteroatoms. The smallest absolute Gasteiger partial charge is 0.226 e. The lowest BCUT2D eigenvalue weighted by atomic mass is 10.2. The first kappa shape index (κ1) is 12.6. The lowest BCUT2D eigenvalue weighted by Crippen LogP contribution is -1.95. The number of aryl methyl sites for hydroxylation is 1. The van der Waals surface area contributed by atoms with Gasteiger partial charge in [-0.15, -0.1) is 5.10 Å². The summed E-state index contributed by atoms with van der Waals surface area (Å²) in [5, 5.41) is 10.0. The van der Waals surface area contributed by atoms with E-state index in [9.17, 15) is 0 Å². The predicted octanol–water partition coefficient (Wildman–Crippen LogP) is 2.98. The summed E-state index contributed by atoms with van der Waals surface area (Å²) in [5.74, 6) is 0.527. The number of hydrogen-bond donors (Lipinski definition) is 0. The molecule has 0 aliphatic heterocycles. The summed E-state index contributed by atoms with van der Waals surface area (Å²) in [6.45, 7) is 0. The third-order valence-electron chi connectivity index (χ3n) is 3.17. The van der Waals surface area contributed by atoms with Gasteiger partial charge in [0, 0.05) is 13.2 Å². The molecular formula is C13H8Cl2N6. The summed E-state index contributed by atoms with van der Waals surface area (Å²) in [5.41, 5.74) is 2.07. The number of halogens is 2. The highest BCUT2D eigenvalue weighted by Gasteiger charge is 2.15. The first-order valence-corrected chi connectivity index (χ1v) is 6.88. The molecule has 6 nitrogen and oxygen atoms in total. The lowest BCUT2D eigenvalue weighted by Gasteiger charge is -2.02. The van der Waals surface area contributed by atoms with Crippen molar-refractivity contribution in [3.05, 3.63) is 40.9 Å². The lowest BCUT2D eigenvalue weighted by molar-refractivity contribution is 0.768. The largest absolute Gasteiger partial charge is 0.275 e. The number of aromatic nitrogens is 6. The molecule has 0 spiro atoms. The Morgan fingerprint density at radius 1 is 1.14 bits per heavy atom. The summed E-state index contributed by atoms with van der Waals surface area (Å²) in [6.07, 6.45) is 3.53. The van der Waals surface area contributed by atoms with Gasteiger partial charge in [0.05, 0.1) is 27.7 Å². The van der Waals surface area contributed by atoms with Crippen LogP contribution in [0.5, 0.6) is 0 Å². The summed E-state index contributed by atoms with van der Waals surface area (Å²) in [6, 6.07) is 5.45.